The highest BCUT2D eigenvalue weighted by Gasteiger charge is 2.20. The van der Waals surface area contributed by atoms with Gasteiger partial charge in [-0.3, -0.25) is 14.4 Å². The Labute approximate surface area is 329 Å². The fourth-order valence-corrected chi connectivity index (χ4v) is 5.78. The monoisotopic (exact) mass is 779 g/mol. The van der Waals surface area contributed by atoms with Gasteiger partial charge < -0.3 is 30.2 Å². The molecule has 4 aromatic carbocycles. The molecule has 11 nitrogen and oxygen atoms in total. The summed E-state index contributed by atoms with van der Waals surface area (Å²) in [6.45, 7) is 10.2. The maximum absolute atomic E-state index is 12.7. The van der Waals surface area contributed by atoms with Crippen LogP contribution in [0.3, 0.4) is 0 Å². The number of carbonyl (C=O) groups is 1. The van der Waals surface area contributed by atoms with E-state index >= 15 is 0 Å². The number of hydrogen-bond donors (Lipinski definition) is 3. The van der Waals surface area contributed by atoms with E-state index in [2.05, 4.69) is 20.6 Å². The van der Waals surface area contributed by atoms with E-state index < -0.39 is 22.7 Å². The lowest BCUT2D eigenvalue weighted by Crippen LogP contribution is -2.28. The number of aromatic nitrogens is 4. The Morgan fingerprint density at radius 3 is 1.62 bits per heavy atom. The normalized spacial score (nSPS) is 11.0. The molecule has 0 amide bonds. The molecular weight excluding hydrogens is 737 g/mol. The maximum atomic E-state index is 12.7. The Bertz CT molecular complexity index is 2390. The first-order chi connectivity index (χ1) is 26.2. The number of rotatable bonds is 10. The van der Waals surface area contributed by atoms with Gasteiger partial charge in [0.05, 0.1) is 19.5 Å². The van der Waals surface area contributed by atoms with E-state index in [-0.39, 0.29) is 17.7 Å². The summed E-state index contributed by atoms with van der Waals surface area (Å²) in [5.41, 5.74) is 9.96. The number of nitrogens with zero attached hydrogens (tertiary/aromatic N) is 4. The van der Waals surface area contributed by atoms with Crippen molar-refractivity contribution in [2.75, 3.05) is 16.4 Å². The summed E-state index contributed by atoms with van der Waals surface area (Å²) in [4.78, 5) is 45.1. The number of nitrogens with two attached hydrogens (primary N) is 1. The molecule has 6 aromatic rings. The third-order valence-corrected chi connectivity index (χ3v) is 9.08. The molecule has 6 rings (SSSR count). The molecule has 2 heterocycles. The molecule has 0 fully saturated rings. The highest BCUT2D eigenvalue weighted by molar-refractivity contribution is 6.32. The molecule has 0 aliphatic rings. The van der Waals surface area contributed by atoms with Crippen LogP contribution >= 0.6 is 23.2 Å². The minimum Gasteiger partial charge on any atom is -0.460 e. The van der Waals surface area contributed by atoms with Crippen molar-refractivity contribution in [1.82, 2.24) is 19.1 Å². The number of hydrogen-bond acceptors (Lipinski definition) is 9. The Morgan fingerprint density at radius 1 is 0.691 bits per heavy atom. The second-order valence-corrected chi connectivity index (χ2v) is 14.6. The molecule has 0 bridgehead atoms. The average Bonchev–Trinajstić information content (AvgIpc) is 3.13. The number of nitrogens with one attached hydrogen (secondary N) is 2. The van der Waals surface area contributed by atoms with Crippen molar-refractivity contribution >= 4 is 58.1 Å². The Balaban J connectivity index is 0.000000218. The van der Waals surface area contributed by atoms with Crippen LogP contribution in [0.15, 0.2) is 119 Å². The van der Waals surface area contributed by atoms with E-state index in [1.54, 1.807) is 39.2 Å². The number of ether oxygens (including phenoxy) is 1. The predicted molar refractivity (Wildman–Crippen MR) is 221 cm³/mol. The summed E-state index contributed by atoms with van der Waals surface area (Å²) >= 11 is 12.4. The Morgan fingerprint density at radius 2 is 1.15 bits per heavy atom. The minimum absolute atomic E-state index is 0.110. The zero-order valence-electron chi connectivity index (χ0n) is 31.3. The van der Waals surface area contributed by atoms with Crippen LogP contribution in [0.4, 0.5) is 29.0 Å². The average molecular weight is 781 g/mol. The maximum Gasteiger partial charge on any atom is 0.311 e. The van der Waals surface area contributed by atoms with Gasteiger partial charge >= 0.3 is 5.97 Å². The first-order valence-corrected chi connectivity index (χ1v) is 18.2. The van der Waals surface area contributed by atoms with Gasteiger partial charge in [0.15, 0.2) is 0 Å². The standard InChI is InChI=1S/C24H26ClN3O3.C18H17ClN4O/c1-16-19(25)11-8-12-20(16)26-23-27-22(30)18(13-21(29)31-24(2,3)4)15-28(23)14-17-9-6-5-7-10-17;1-12-14(19)8-5-9-16(12)21-18-22-17(24)15(20)11-23(18)10-13-6-3-2-4-7-13/h5-12,15H,13-14H2,1-4H3,(H,26,27,30);2-9,11H,10,20H2,1H3,(H,21,22,24). The second kappa shape index (κ2) is 17.9. The zero-order chi connectivity index (χ0) is 39.7. The molecule has 0 aliphatic heterocycles. The molecule has 0 saturated carbocycles. The molecule has 0 unspecified atom stereocenters. The third kappa shape index (κ3) is 11.3. The predicted octanol–water partition coefficient (Wildman–Crippen LogP) is 8.46. The van der Waals surface area contributed by atoms with Gasteiger partial charge in [0.2, 0.25) is 11.9 Å². The van der Waals surface area contributed by atoms with E-state index in [9.17, 15) is 14.4 Å². The second-order valence-electron chi connectivity index (χ2n) is 13.8. The van der Waals surface area contributed by atoms with Crippen LogP contribution in [-0.4, -0.2) is 30.7 Å². The summed E-state index contributed by atoms with van der Waals surface area (Å²) in [6, 6.07) is 30.7. The SMILES string of the molecule is Cc1c(Cl)cccc1Nc1nc(=O)c(CC(=O)OC(C)(C)C)cn1Cc1ccccc1.Cc1c(Cl)cccc1Nc1nc(=O)c(N)cn1Cc1ccccc1. The van der Waals surface area contributed by atoms with Gasteiger partial charge in [-0.15, -0.1) is 0 Å². The smallest absolute Gasteiger partial charge is 0.311 e. The molecule has 0 radical (unpaired) electrons. The molecule has 55 heavy (non-hydrogen) atoms. The van der Waals surface area contributed by atoms with Crippen molar-refractivity contribution in [2.24, 2.45) is 0 Å². The number of anilines is 5. The van der Waals surface area contributed by atoms with Gasteiger partial charge in [-0.2, -0.15) is 9.97 Å². The fraction of sp³-hybridized carbons (Fsp3) is 0.214. The minimum atomic E-state index is -0.626. The highest BCUT2D eigenvalue weighted by Crippen LogP contribution is 2.27. The van der Waals surface area contributed by atoms with Gasteiger partial charge in [0.1, 0.15) is 11.3 Å². The lowest BCUT2D eigenvalue weighted by atomic mass is 10.1. The molecule has 0 atom stereocenters. The summed E-state index contributed by atoms with van der Waals surface area (Å²) in [5, 5.41) is 7.65. The summed E-state index contributed by atoms with van der Waals surface area (Å²) < 4.78 is 8.99. The molecule has 0 spiro atoms. The first kappa shape index (κ1) is 40.3. The van der Waals surface area contributed by atoms with Gasteiger partial charge in [-0.25, -0.2) is 0 Å². The van der Waals surface area contributed by atoms with Gasteiger partial charge in [0.25, 0.3) is 11.1 Å². The van der Waals surface area contributed by atoms with E-state index in [1.165, 1.54) is 0 Å². The summed E-state index contributed by atoms with van der Waals surface area (Å²) in [5.74, 6) is 0.319. The quantitative estimate of drug-likeness (QED) is 0.117. The van der Waals surface area contributed by atoms with Crippen molar-refractivity contribution in [3.8, 4) is 0 Å². The van der Waals surface area contributed by atoms with Crippen molar-refractivity contribution in [2.45, 2.75) is 59.7 Å². The fourth-order valence-electron chi connectivity index (χ4n) is 5.43. The van der Waals surface area contributed by atoms with Crippen molar-refractivity contribution in [3.63, 3.8) is 0 Å². The van der Waals surface area contributed by atoms with Crippen molar-refractivity contribution in [3.05, 3.63) is 168 Å². The lowest BCUT2D eigenvalue weighted by Gasteiger charge is -2.20. The molecule has 284 valence electrons. The van der Waals surface area contributed by atoms with Crippen molar-refractivity contribution in [1.29, 1.82) is 0 Å². The van der Waals surface area contributed by atoms with Crippen LogP contribution in [0.5, 0.6) is 0 Å². The highest BCUT2D eigenvalue weighted by atomic mass is 35.5. The molecule has 4 N–H and O–H groups in total. The first-order valence-electron chi connectivity index (χ1n) is 17.5. The van der Waals surface area contributed by atoms with E-state index in [0.29, 0.717) is 35.0 Å². The topological polar surface area (TPSA) is 146 Å². The van der Waals surface area contributed by atoms with Gasteiger partial charge in [0, 0.05) is 39.4 Å². The van der Waals surface area contributed by atoms with Crippen LogP contribution in [-0.2, 0) is 29.0 Å². The van der Waals surface area contributed by atoms with E-state index in [4.69, 9.17) is 33.7 Å². The molecule has 13 heteroatoms. The van der Waals surface area contributed by atoms with Crippen molar-refractivity contribution < 1.29 is 9.53 Å². The van der Waals surface area contributed by atoms with Crippen LogP contribution in [0.1, 0.15) is 48.6 Å². The zero-order valence-corrected chi connectivity index (χ0v) is 32.8. The summed E-state index contributed by atoms with van der Waals surface area (Å²) in [7, 11) is 0. The number of benzene rings is 4. The van der Waals surface area contributed by atoms with Crippen LogP contribution in [0.2, 0.25) is 10.0 Å². The molecule has 2 aromatic heterocycles. The number of nitrogen functional groups attached to an aromatic ring is 1. The number of carbonyl (C=O) groups excluding carboxylic acids is 1. The molecular formula is C42H43Cl2N7O4. The van der Waals surface area contributed by atoms with Crippen LogP contribution < -0.4 is 27.5 Å². The summed E-state index contributed by atoms with van der Waals surface area (Å²) in [6.07, 6.45) is 3.12. The van der Waals surface area contributed by atoms with E-state index in [0.717, 1.165) is 33.6 Å². The van der Waals surface area contributed by atoms with Crippen LogP contribution in [0, 0.1) is 13.8 Å². The molecule has 0 aliphatic carbocycles. The van der Waals surface area contributed by atoms with Gasteiger partial charge in [-0.1, -0.05) is 96.0 Å². The number of esters is 1. The van der Waals surface area contributed by atoms with Gasteiger partial charge in [-0.05, 0) is 81.1 Å². The number of halogens is 2. The Kier molecular flexibility index (Phi) is 13.1. The Hall–Kier alpha value is -5.91. The third-order valence-electron chi connectivity index (χ3n) is 8.26. The van der Waals surface area contributed by atoms with Crippen LogP contribution in [0.25, 0.3) is 0 Å². The molecule has 0 saturated heterocycles. The largest absolute Gasteiger partial charge is 0.460 e. The van der Waals surface area contributed by atoms with E-state index in [1.807, 2.05) is 114 Å². The lowest BCUT2D eigenvalue weighted by molar-refractivity contribution is -0.153.